The summed E-state index contributed by atoms with van der Waals surface area (Å²) in [6.45, 7) is 0.575. The van der Waals surface area contributed by atoms with E-state index in [1.54, 1.807) is 0 Å². The van der Waals surface area contributed by atoms with Crippen LogP contribution < -0.4 is 4.74 Å². The second kappa shape index (κ2) is 9.77. The Morgan fingerprint density at radius 2 is 1.57 bits per heavy atom. The molecule has 21 heavy (non-hydrogen) atoms. The Hall–Kier alpha value is -2.08. The van der Waals surface area contributed by atoms with Gasteiger partial charge in [-0.2, -0.15) is 0 Å². The molecular weight excluding hydrogens is 274 g/mol. The minimum Gasteiger partial charge on any atom is -0.494 e. The maximum atomic E-state index is 10.6. The van der Waals surface area contributed by atoms with Gasteiger partial charge >= 0.3 is 11.9 Å². The van der Waals surface area contributed by atoms with Gasteiger partial charge in [0.25, 0.3) is 0 Å². The fourth-order valence-corrected chi connectivity index (χ4v) is 1.92. The monoisotopic (exact) mass is 295 g/mol. The molecule has 2 N–H and O–H groups in total. The van der Waals surface area contributed by atoms with Crippen molar-refractivity contribution in [1.82, 2.24) is 4.90 Å². The Morgan fingerprint density at radius 1 is 0.952 bits per heavy atom. The van der Waals surface area contributed by atoms with E-state index in [0.29, 0.717) is 13.2 Å². The normalized spacial score (nSPS) is 10.5. The van der Waals surface area contributed by atoms with Crippen molar-refractivity contribution in [2.45, 2.75) is 19.3 Å². The number of unbranched alkanes of at least 4 members (excludes halogenated alkanes) is 2. The number of para-hydroxylation sites is 1. The molecule has 1 aromatic rings. The van der Waals surface area contributed by atoms with Crippen LogP contribution in [-0.2, 0) is 9.59 Å². The lowest BCUT2D eigenvalue weighted by Crippen LogP contribution is -2.35. The number of hydrogen-bond donors (Lipinski definition) is 2. The summed E-state index contributed by atoms with van der Waals surface area (Å²) in [5.41, 5.74) is 0. The highest BCUT2D eigenvalue weighted by Gasteiger charge is 2.12. The molecule has 0 radical (unpaired) electrons. The van der Waals surface area contributed by atoms with E-state index in [1.807, 2.05) is 30.3 Å². The van der Waals surface area contributed by atoms with Gasteiger partial charge in [-0.3, -0.25) is 14.5 Å². The Kier molecular flexibility index (Phi) is 7.89. The smallest absolute Gasteiger partial charge is 0.317 e. The number of benzene rings is 1. The highest BCUT2D eigenvalue weighted by molar-refractivity contribution is 5.72. The van der Waals surface area contributed by atoms with Crippen molar-refractivity contribution in [3.05, 3.63) is 30.3 Å². The van der Waals surface area contributed by atoms with Crippen LogP contribution in [0.5, 0.6) is 5.75 Å². The number of carboxylic acids is 2. The summed E-state index contributed by atoms with van der Waals surface area (Å²) in [6.07, 6.45) is 2.46. The standard InChI is InChI=1S/C15H21NO5/c17-14(18)11-16(12-15(19)20)9-5-2-6-10-21-13-7-3-1-4-8-13/h1,3-4,7-8H,2,5-6,9-12H2,(H,17,18)(H,19,20). The van der Waals surface area contributed by atoms with E-state index in [1.165, 1.54) is 4.90 Å². The van der Waals surface area contributed by atoms with E-state index in [9.17, 15) is 9.59 Å². The molecule has 116 valence electrons. The van der Waals surface area contributed by atoms with Crippen molar-refractivity contribution in [1.29, 1.82) is 0 Å². The van der Waals surface area contributed by atoms with Gasteiger partial charge in [-0.25, -0.2) is 0 Å². The van der Waals surface area contributed by atoms with E-state index in [0.717, 1.165) is 25.0 Å². The average Bonchev–Trinajstić information content (AvgIpc) is 2.42. The summed E-state index contributed by atoms with van der Waals surface area (Å²) >= 11 is 0. The number of nitrogens with zero attached hydrogens (tertiary/aromatic N) is 1. The molecule has 0 unspecified atom stereocenters. The third-order valence-corrected chi connectivity index (χ3v) is 2.85. The molecule has 0 amide bonds. The number of carbonyl (C=O) groups is 2. The predicted octanol–water partition coefficient (Wildman–Crippen LogP) is 1.71. The molecule has 0 saturated carbocycles. The van der Waals surface area contributed by atoms with Gasteiger partial charge in [-0.05, 0) is 37.9 Å². The SMILES string of the molecule is O=C(O)CN(CCCCCOc1ccccc1)CC(=O)O. The second-order valence-electron chi connectivity index (χ2n) is 4.72. The summed E-state index contributed by atoms with van der Waals surface area (Å²) in [4.78, 5) is 22.7. The van der Waals surface area contributed by atoms with Crippen LogP contribution in [-0.4, -0.2) is 53.3 Å². The zero-order valence-corrected chi connectivity index (χ0v) is 11.9. The van der Waals surface area contributed by atoms with E-state index in [2.05, 4.69) is 0 Å². The quantitative estimate of drug-likeness (QED) is 0.604. The van der Waals surface area contributed by atoms with Crippen LogP contribution >= 0.6 is 0 Å². The van der Waals surface area contributed by atoms with Gasteiger partial charge in [-0.15, -0.1) is 0 Å². The van der Waals surface area contributed by atoms with E-state index in [-0.39, 0.29) is 13.1 Å². The number of ether oxygens (including phenoxy) is 1. The van der Waals surface area contributed by atoms with Gasteiger partial charge in [0.2, 0.25) is 0 Å². The van der Waals surface area contributed by atoms with Crippen LogP contribution in [0.25, 0.3) is 0 Å². The third kappa shape index (κ3) is 8.65. The van der Waals surface area contributed by atoms with Gasteiger partial charge in [0, 0.05) is 0 Å². The molecule has 0 aliphatic rings. The summed E-state index contributed by atoms with van der Waals surface area (Å²) in [5, 5.41) is 17.4. The highest BCUT2D eigenvalue weighted by atomic mass is 16.5. The van der Waals surface area contributed by atoms with Crippen LogP contribution in [0, 0.1) is 0 Å². The fraction of sp³-hybridized carbons (Fsp3) is 0.467. The topological polar surface area (TPSA) is 87.1 Å². The van der Waals surface area contributed by atoms with Gasteiger partial charge < -0.3 is 14.9 Å². The maximum absolute atomic E-state index is 10.6. The van der Waals surface area contributed by atoms with Crippen LogP contribution in [0.4, 0.5) is 0 Å². The van der Waals surface area contributed by atoms with Crippen molar-refractivity contribution in [2.24, 2.45) is 0 Å². The van der Waals surface area contributed by atoms with E-state index >= 15 is 0 Å². The van der Waals surface area contributed by atoms with Crippen LogP contribution in [0.3, 0.4) is 0 Å². The summed E-state index contributed by atoms with van der Waals surface area (Å²) < 4.78 is 5.54. The Balaban J connectivity index is 2.13. The minimum absolute atomic E-state index is 0.243. The predicted molar refractivity (Wildman–Crippen MR) is 77.5 cm³/mol. The molecule has 6 nitrogen and oxygen atoms in total. The lowest BCUT2D eigenvalue weighted by Gasteiger charge is -2.17. The van der Waals surface area contributed by atoms with Gasteiger partial charge in [0.15, 0.2) is 0 Å². The second-order valence-corrected chi connectivity index (χ2v) is 4.72. The molecule has 1 rings (SSSR count). The lowest BCUT2D eigenvalue weighted by atomic mass is 10.2. The van der Waals surface area contributed by atoms with E-state index < -0.39 is 11.9 Å². The first-order valence-corrected chi connectivity index (χ1v) is 6.91. The molecule has 6 heteroatoms. The zero-order chi connectivity index (χ0) is 15.5. The van der Waals surface area contributed by atoms with Gasteiger partial charge in [0.1, 0.15) is 5.75 Å². The maximum Gasteiger partial charge on any atom is 0.317 e. The van der Waals surface area contributed by atoms with Crippen LogP contribution in [0.2, 0.25) is 0 Å². The largest absolute Gasteiger partial charge is 0.494 e. The molecule has 0 atom stereocenters. The summed E-state index contributed by atoms with van der Waals surface area (Å²) in [5.74, 6) is -1.19. The van der Waals surface area contributed by atoms with Crippen LogP contribution in [0.15, 0.2) is 30.3 Å². The Bertz CT molecular complexity index is 419. The lowest BCUT2D eigenvalue weighted by molar-refractivity contribution is -0.141. The van der Waals surface area contributed by atoms with Crippen molar-refractivity contribution in [2.75, 3.05) is 26.2 Å². The fourth-order valence-electron chi connectivity index (χ4n) is 1.92. The average molecular weight is 295 g/mol. The first-order valence-electron chi connectivity index (χ1n) is 6.91. The molecule has 0 aromatic heterocycles. The molecule has 0 heterocycles. The van der Waals surface area contributed by atoms with Crippen molar-refractivity contribution in [3.63, 3.8) is 0 Å². The summed E-state index contributed by atoms with van der Waals surface area (Å²) in [7, 11) is 0. The van der Waals surface area contributed by atoms with Gasteiger partial charge in [-0.1, -0.05) is 18.2 Å². The molecule has 0 aliphatic heterocycles. The van der Waals surface area contributed by atoms with Gasteiger partial charge in [0.05, 0.1) is 19.7 Å². The van der Waals surface area contributed by atoms with Crippen molar-refractivity contribution in [3.8, 4) is 5.75 Å². The number of hydrogen-bond acceptors (Lipinski definition) is 4. The number of rotatable bonds is 11. The highest BCUT2D eigenvalue weighted by Crippen LogP contribution is 2.09. The third-order valence-electron chi connectivity index (χ3n) is 2.85. The van der Waals surface area contributed by atoms with Crippen molar-refractivity contribution >= 4 is 11.9 Å². The molecule has 0 aliphatic carbocycles. The number of aliphatic carboxylic acids is 2. The molecule has 0 bridgehead atoms. The molecule has 0 spiro atoms. The number of carboxylic acid groups (broad SMARTS) is 2. The Labute approximate surface area is 124 Å². The summed E-state index contributed by atoms with van der Waals surface area (Å²) in [6, 6.07) is 9.52. The van der Waals surface area contributed by atoms with Crippen molar-refractivity contribution < 1.29 is 24.5 Å². The molecule has 1 aromatic carbocycles. The molecular formula is C15H21NO5. The molecule has 0 saturated heterocycles. The Morgan fingerprint density at radius 3 is 2.14 bits per heavy atom. The zero-order valence-electron chi connectivity index (χ0n) is 11.9. The minimum atomic E-state index is -1.01. The molecule has 0 fully saturated rings. The van der Waals surface area contributed by atoms with E-state index in [4.69, 9.17) is 14.9 Å². The van der Waals surface area contributed by atoms with Crippen LogP contribution in [0.1, 0.15) is 19.3 Å². The first kappa shape index (κ1) is 17.0. The first-order chi connectivity index (χ1) is 10.1.